The van der Waals surface area contributed by atoms with Gasteiger partial charge in [0.15, 0.2) is 0 Å². The summed E-state index contributed by atoms with van der Waals surface area (Å²) in [6.07, 6.45) is 3.74. The van der Waals surface area contributed by atoms with E-state index in [9.17, 15) is 9.59 Å². The van der Waals surface area contributed by atoms with Crippen LogP contribution < -0.4 is 0 Å². The van der Waals surface area contributed by atoms with E-state index in [-0.39, 0.29) is 23.8 Å². The van der Waals surface area contributed by atoms with Gasteiger partial charge in [0.2, 0.25) is 0 Å². The van der Waals surface area contributed by atoms with E-state index in [0.29, 0.717) is 25.0 Å². The van der Waals surface area contributed by atoms with Crippen LogP contribution in [0, 0.1) is 23.7 Å². The van der Waals surface area contributed by atoms with Gasteiger partial charge < -0.3 is 9.47 Å². The highest BCUT2D eigenvalue weighted by Gasteiger charge is 2.20. The number of hydrogen-bond acceptors (Lipinski definition) is 4. The SMILES string of the molecule is CCOC(=O)C(C)CC[C@H](C)[C@@H](C)CCC(C)C(=O)OCC. The van der Waals surface area contributed by atoms with Crippen LogP contribution >= 0.6 is 0 Å². The Morgan fingerprint density at radius 3 is 1.27 bits per heavy atom. The van der Waals surface area contributed by atoms with E-state index >= 15 is 0 Å². The summed E-state index contributed by atoms with van der Waals surface area (Å²) >= 11 is 0. The molecule has 4 nitrogen and oxygen atoms in total. The third-order valence-corrected chi connectivity index (χ3v) is 4.46. The Morgan fingerprint density at radius 2 is 1.00 bits per heavy atom. The van der Waals surface area contributed by atoms with Gasteiger partial charge in [-0.15, -0.1) is 0 Å². The van der Waals surface area contributed by atoms with Gasteiger partial charge in [0.25, 0.3) is 0 Å². The van der Waals surface area contributed by atoms with Crippen molar-refractivity contribution in [2.75, 3.05) is 13.2 Å². The largest absolute Gasteiger partial charge is 0.466 e. The quantitative estimate of drug-likeness (QED) is 0.536. The molecule has 4 heteroatoms. The zero-order chi connectivity index (χ0) is 17.1. The molecule has 0 aliphatic heterocycles. The van der Waals surface area contributed by atoms with Gasteiger partial charge in [-0.05, 0) is 51.4 Å². The fourth-order valence-electron chi connectivity index (χ4n) is 2.40. The van der Waals surface area contributed by atoms with Crippen LogP contribution in [0.4, 0.5) is 0 Å². The topological polar surface area (TPSA) is 52.6 Å². The average Bonchev–Trinajstić information content (AvgIpc) is 2.49. The van der Waals surface area contributed by atoms with Crippen molar-refractivity contribution in [2.24, 2.45) is 23.7 Å². The third kappa shape index (κ3) is 8.40. The Morgan fingerprint density at radius 1 is 0.682 bits per heavy atom. The number of carbonyl (C=O) groups excluding carboxylic acids is 2. The molecule has 0 aromatic rings. The van der Waals surface area contributed by atoms with Crippen LogP contribution in [-0.4, -0.2) is 25.2 Å². The van der Waals surface area contributed by atoms with Crippen LogP contribution in [0.1, 0.15) is 67.2 Å². The molecule has 0 aromatic carbocycles. The molecule has 0 aromatic heterocycles. The number of esters is 2. The molecule has 0 fully saturated rings. The van der Waals surface area contributed by atoms with E-state index in [1.54, 1.807) is 0 Å². The fourth-order valence-corrected chi connectivity index (χ4v) is 2.40. The second-order valence-corrected chi connectivity index (χ2v) is 6.42. The van der Waals surface area contributed by atoms with Crippen molar-refractivity contribution in [2.45, 2.75) is 67.2 Å². The van der Waals surface area contributed by atoms with Crippen molar-refractivity contribution >= 4 is 11.9 Å². The molecular formula is C18H34O4. The van der Waals surface area contributed by atoms with Gasteiger partial charge in [-0.2, -0.15) is 0 Å². The molecule has 0 bridgehead atoms. The normalized spacial score (nSPS) is 16.5. The maximum absolute atomic E-state index is 11.6. The van der Waals surface area contributed by atoms with Crippen LogP contribution in [0.15, 0.2) is 0 Å². The van der Waals surface area contributed by atoms with E-state index in [4.69, 9.17) is 9.47 Å². The Balaban J connectivity index is 4.03. The first kappa shape index (κ1) is 20.9. The molecule has 0 N–H and O–H groups in total. The standard InChI is InChI=1S/C18H34O4/c1-7-21-17(19)15(5)11-9-13(3)14(4)10-12-16(6)18(20)22-8-2/h13-16H,7-12H2,1-6H3/t13-,14-,15?,16?/m0/s1. The second kappa shape index (κ2) is 11.5. The minimum Gasteiger partial charge on any atom is -0.466 e. The summed E-state index contributed by atoms with van der Waals surface area (Å²) in [5.41, 5.74) is 0. The molecule has 0 spiro atoms. The predicted octanol–water partition coefficient (Wildman–Crippen LogP) is 4.22. The average molecular weight is 314 g/mol. The van der Waals surface area contributed by atoms with Crippen LogP contribution in [0.2, 0.25) is 0 Å². The van der Waals surface area contributed by atoms with Crippen molar-refractivity contribution in [3.63, 3.8) is 0 Å². The first-order valence-electron chi connectivity index (χ1n) is 8.66. The van der Waals surface area contributed by atoms with Gasteiger partial charge in [-0.1, -0.05) is 27.7 Å². The maximum atomic E-state index is 11.6. The van der Waals surface area contributed by atoms with E-state index < -0.39 is 0 Å². The van der Waals surface area contributed by atoms with Gasteiger partial charge in [-0.3, -0.25) is 9.59 Å². The van der Waals surface area contributed by atoms with Gasteiger partial charge in [-0.25, -0.2) is 0 Å². The zero-order valence-corrected chi connectivity index (χ0v) is 15.2. The minimum absolute atomic E-state index is 0.0342. The molecule has 0 saturated heterocycles. The minimum atomic E-state index is -0.0988. The predicted molar refractivity (Wildman–Crippen MR) is 88.4 cm³/mol. The van der Waals surface area contributed by atoms with E-state index in [1.807, 2.05) is 27.7 Å². The molecule has 0 amide bonds. The lowest BCUT2D eigenvalue weighted by atomic mass is 9.84. The van der Waals surface area contributed by atoms with E-state index in [0.717, 1.165) is 25.7 Å². The van der Waals surface area contributed by atoms with Crippen molar-refractivity contribution < 1.29 is 19.1 Å². The second-order valence-electron chi connectivity index (χ2n) is 6.42. The lowest BCUT2D eigenvalue weighted by molar-refractivity contribution is -0.148. The Kier molecular flexibility index (Phi) is 10.9. The van der Waals surface area contributed by atoms with Crippen molar-refractivity contribution in [1.29, 1.82) is 0 Å². The van der Waals surface area contributed by atoms with Gasteiger partial charge in [0, 0.05) is 0 Å². The molecule has 0 aliphatic rings. The number of ether oxygens (including phenoxy) is 2. The summed E-state index contributed by atoms with van der Waals surface area (Å²) in [6.45, 7) is 12.9. The highest BCUT2D eigenvalue weighted by Crippen LogP contribution is 2.25. The Hall–Kier alpha value is -1.06. The summed E-state index contributed by atoms with van der Waals surface area (Å²) in [5, 5.41) is 0. The highest BCUT2D eigenvalue weighted by atomic mass is 16.5. The van der Waals surface area contributed by atoms with Gasteiger partial charge in [0.1, 0.15) is 0 Å². The third-order valence-electron chi connectivity index (χ3n) is 4.46. The van der Waals surface area contributed by atoms with E-state index in [1.165, 1.54) is 0 Å². The number of carbonyl (C=O) groups is 2. The van der Waals surface area contributed by atoms with Crippen molar-refractivity contribution in [3.05, 3.63) is 0 Å². The van der Waals surface area contributed by atoms with E-state index in [2.05, 4.69) is 13.8 Å². The summed E-state index contributed by atoms with van der Waals surface area (Å²) in [7, 11) is 0. The lowest BCUT2D eigenvalue weighted by Crippen LogP contribution is -2.19. The number of hydrogen-bond donors (Lipinski definition) is 0. The fraction of sp³-hybridized carbons (Fsp3) is 0.889. The molecule has 130 valence electrons. The van der Waals surface area contributed by atoms with Crippen LogP contribution in [0.25, 0.3) is 0 Å². The molecule has 0 rings (SSSR count). The molecule has 2 unspecified atom stereocenters. The summed E-state index contributed by atoms with van der Waals surface area (Å²) in [4.78, 5) is 23.2. The zero-order valence-electron chi connectivity index (χ0n) is 15.2. The van der Waals surface area contributed by atoms with Crippen LogP contribution in [-0.2, 0) is 19.1 Å². The smallest absolute Gasteiger partial charge is 0.308 e. The summed E-state index contributed by atoms with van der Waals surface area (Å²) in [6, 6.07) is 0. The Bertz CT molecular complexity index is 295. The first-order valence-corrected chi connectivity index (χ1v) is 8.66. The monoisotopic (exact) mass is 314 g/mol. The van der Waals surface area contributed by atoms with Crippen molar-refractivity contribution in [1.82, 2.24) is 0 Å². The molecule has 0 aliphatic carbocycles. The lowest BCUT2D eigenvalue weighted by Gasteiger charge is -2.22. The van der Waals surface area contributed by atoms with Crippen LogP contribution in [0.5, 0.6) is 0 Å². The molecule has 0 radical (unpaired) electrons. The molecular weight excluding hydrogens is 280 g/mol. The highest BCUT2D eigenvalue weighted by molar-refractivity contribution is 5.72. The van der Waals surface area contributed by atoms with Crippen LogP contribution in [0.3, 0.4) is 0 Å². The molecule has 0 saturated carbocycles. The summed E-state index contributed by atoms with van der Waals surface area (Å²) in [5.74, 6) is 0.801. The summed E-state index contributed by atoms with van der Waals surface area (Å²) < 4.78 is 10.1. The maximum Gasteiger partial charge on any atom is 0.308 e. The number of rotatable bonds is 11. The molecule has 0 heterocycles. The molecule has 22 heavy (non-hydrogen) atoms. The first-order chi connectivity index (χ1) is 10.3. The van der Waals surface area contributed by atoms with Gasteiger partial charge >= 0.3 is 11.9 Å². The van der Waals surface area contributed by atoms with Gasteiger partial charge in [0.05, 0.1) is 25.0 Å². The molecule has 4 atom stereocenters. The Labute approximate surface area is 135 Å². The van der Waals surface area contributed by atoms with Crippen molar-refractivity contribution in [3.8, 4) is 0 Å².